The van der Waals surface area contributed by atoms with Crippen molar-refractivity contribution in [2.45, 2.75) is 46.5 Å². The van der Waals surface area contributed by atoms with Gasteiger partial charge in [-0.3, -0.25) is 4.79 Å². The van der Waals surface area contributed by atoms with Gasteiger partial charge in [0.15, 0.2) is 0 Å². The van der Waals surface area contributed by atoms with Crippen LogP contribution in [0.15, 0.2) is 0 Å². The largest absolute Gasteiger partial charge is 0.481 e. The van der Waals surface area contributed by atoms with Gasteiger partial charge in [0, 0.05) is 6.42 Å². The number of hydrogen-bond acceptors (Lipinski definition) is 1. The summed E-state index contributed by atoms with van der Waals surface area (Å²) in [6.07, 6.45) is 3.97. The Balaban J connectivity index is 2.58. The average molecular weight is 198 g/mol. The molecule has 3 unspecified atom stereocenters. The van der Waals surface area contributed by atoms with Gasteiger partial charge in [0.1, 0.15) is 0 Å². The van der Waals surface area contributed by atoms with E-state index in [1.165, 1.54) is 12.8 Å². The van der Waals surface area contributed by atoms with Crippen LogP contribution in [0.5, 0.6) is 0 Å². The maximum Gasteiger partial charge on any atom is 0.303 e. The van der Waals surface area contributed by atoms with Crippen LogP contribution in [0.4, 0.5) is 0 Å². The standard InChI is InChI=1S/C12H22O2/c1-8(2)11-5-4-9(3)6-10(11)7-12(13)14/h8-11H,4-7H2,1-3H3,(H,13,14). The summed E-state index contributed by atoms with van der Waals surface area (Å²) in [5, 5.41) is 8.85. The molecule has 2 nitrogen and oxygen atoms in total. The van der Waals surface area contributed by atoms with Crippen LogP contribution >= 0.6 is 0 Å². The molecule has 1 saturated carbocycles. The van der Waals surface area contributed by atoms with Crippen molar-refractivity contribution in [3.8, 4) is 0 Å². The molecule has 0 aromatic rings. The minimum absolute atomic E-state index is 0.368. The van der Waals surface area contributed by atoms with Crippen molar-refractivity contribution in [2.75, 3.05) is 0 Å². The Kier molecular flexibility index (Phi) is 3.97. The molecule has 3 atom stereocenters. The molecule has 0 aliphatic heterocycles. The number of carboxylic acids is 1. The van der Waals surface area contributed by atoms with Gasteiger partial charge in [-0.2, -0.15) is 0 Å². The van der Waals surface area contributed by atoms with Crippen LogP contribution in [0.1, 0.15) is 46.5 Å². The van der Waals surface area contributed by atoms with E-state index in [0.29, 0.717) is 30.1 Å². The Morgan fingerprint density at radius 3 is 2.57 bits per heavy atom. The molecule has 1 aliphatic carbocycles. The van der Waals surface area contributed by atoms with Crippen molar-refractivity contribution in [3.05, 3.63) is 0 Å². The van der Waals surface area contributed by atoms with Gasteiger partial charge in [-0.05, 0) is 36.5 Å². The van der Waals surface area contributed by atoms with E-state index in [1.54, 1.807) is 0 Å². The highest BCUT2D eigenvalue weighted by Crippen LogP contribution is 2.39. The van der Waals surface area contributed by atoms with Crippen molar-refractivity contribution >= 4 is 5.97 Å². The fourth-order valence-electron chi connectivity index (χ4n) is 2.86. The molecule has 0 amide bonds. The molecule has 0 bridgehead atoms. The van der Waals surface area contributed by atoms with Crippen molar-refractivity contribution in [2.24, 2.45) is 23.7 Å². The Bertz CT molecular complexity index is 198. The van der Waals surface area contributed by atoms with Gasteiger partial charge in [0.2, 0.25) is 0 Å². The third kappa shape index (κ3) is 3.00. The molecule has 0 saturated heterocycles. The highest BCUT2D eigenvalue weighted by molar-refractivity contribution is 5.67. The minimum atomic E-state index is -0.630. The second-order valence-electron chi connectivity index (χ2n) is 5.18. The lowest BCUT2D eigenvalue weighted by atomic mass is 9.69. The van der Waals surface area contributed by atoms with E-state index >= 15 is 0 Å². The fraction of sp³-hybridized carbons (Fsp3) is 0.917. The average Bonchev–Trinajstić information content (AvgIpc) is 2.01. The molecular weight excluding hydrogens is 176 g/mol. The summed E-state index contributed by atoms with van der Waals surface area (Å²) >= 11 is 0. The second-order valence-corrected chi connectivity index (χ2v) is 5.18. The lowest BCUT2D eigenvalue weighted by Gasteiger charge is -2.36. The van der Waals surface area contributed by atoms with Crippen LogP contribution in [-0.4, -0.2) is 11.1 Å². The number of rotatable bonds is 3. The predicted molar refractivity (Wildman–Crippen MR) is 57.1 cm³/mol. The topological polar surface area (TPSA) is 37.3 Å². The summed E-state index contributed by atoms with van der Waals surface area (Å²) in [5.41, 5.74) is 0. The van der Waals surface area contributed by atoms with Crippen molar-refractivity contribution in [3.63, 3.8) is 0 Å². The third-order valence-electron chi connectivity index (χ3n) is 3.60. The van der Waals surface area contributed by atoms with E-state index in [-0.39, 0.29) is 0 Å². The normalized spacial score (nSPS) is 33.3. The molecule has 0 aromatic carbocycles. The van der Waals surface area contributed by atoms with Crippen molar-refractivity contribution in [1.82, 2.24) is 0 Å². The van der Waals surface area contributed by atoms with Crippen molar-refractivity contribution in [1.29, 1.82) is 0 Å². The summed E-state index contributed by atoms with van der Waals surface area (Å²) in [6, 6.07) is 0. The summed E-state index contributed by atoms with van der Waals surface area (Å²) in [4.78, 5) is 10.7. The summed E-state index contributed by atoms with van der Waals surface area (Å²) < 4.78 is 0. The molecular formula is C12H22O2. The zero-order chi connectivity index (χ0) is 10.7. The first-order valence-electron chi connectivity index (χ1n) is 5.72. The minimum Gasteiger partial charge on any atom is -0.481 e. The molecule has 0 radical (unpaired) electrons. The number of hydrogen-bond donors (Lipinski definition) is 1. The van der Waals surface area contributed by atoms with Gasteiger partial charge < -0.3 is 5.11 Å². The monoisotopic (exact) mass is 198 g/mol. The Morgan fingerprint density at radius 1 is 1.43 bits per heavy atom. The lowest BCUT2D eigenvalue weighted by Crippen LogP contribution is -2.29. The summed E-state index contributed by atoms with van der Waals surface area (Å²) in [5.74, 6) is 1.76. The zero-order valence-electron chi connectivity index (χ0n) is 9.49. The maximum absolute atomic E-state index is 10.7. The molecule has 1 rings (SSSR count). The van der Waals surface area contributed by atoms with Gasteiger partial charge in [0.25, 0.3) is 0 Å². The number of carbonyl (C=O) groups is 1. The van der Waals surface area contributed by atoms with Crippen LogP contribution < -0.4 is 0 Å². The van der Waals surface area contributed by atoms with E-state index in [0.717, 1.165) is 6.42 Å². The molecule has 0 heterocycles. The molecule has 82 valence electrons. The van der Waals surface area contributed by atoms with Crippen LogP contribution in [0, 0.1) is 23.7 Å². The van der Waals surface area contributed by atoms with Crippen LogP contribution in [0.2, 0.25) is 0 Å². The molecule has 1 N–H and O–H groups in total. The Hall–Kier alpha value is -0.530. The predicted octanol–water partition coefficient (Wildman–Crippen LogP) is 3.17. The van der Waals surface area contributed by atoms with Crippen molar-refractivity contribution < 1.29 is 9.90 Å². The zero-order valence-corrected chi connectivity index (χ0v) is 9.49. The lowest BCUT2D eigenvalue weighted by molar-refractivity contribution is -0.139. The van der Waals surface area contributed by atoms with Crippen LogP contribution in [0.25, 0.3) is 0 Å². The van der Waals surface area contributed by atoms with E-state index in [4.69, 9.17) is 5.11 Å². The van der Waals surface area contributed by atoms with Crippen LogP contribution in [-0.2, 0) is 4.79 Å². The highest BCUT2D eigenvalue weighted by Gasteiger charge is 2.31. The third-order valence-corrected chi connectivity index (χ3v) is 3.60. The van der Waals surface area contributed by atoms with E-state index < -0.39 is 5.97 Å². The van der Waals surface area contributed by atoms with Gasteiger partial charge in [-0.15, -0.1) is 0 Å². The summed E-state index contributed by atoms with van der Waals surface area (Å²) in [7, 11) is 0. The summed E-state index contributed by atoms with van der Waals surface area (Å²) in [6.45, 7) is 6.68. The number of carboxylic acid groups (broad SMARTS) is 1. The Labute approximate surface area is 86.7 Å². The molecule has 0 aromatic heterocycles. The first kappa shape index (κ1) is 11.5. The smallest absolute Gasteiger partial charge is 0.303 e. The molecule has 1 aliphatic rings. The maximum atomic E-state index is 10.7. The van der Waals surface area contributed by atoms with Crippen LogP contribution in [0.3, 0.4) is 0 Å². The first-order chi connectivity index (χ1) is 6.50. The van der Waals surface area contributed by atoms with E-state index in [2.05, 4.69) is 20.8 Å². The van der Waals surface area contributed by atoms with Gasteiger partial charge >= 0.3 is 5.97 Å². The fourth-order valence-corrected chi connectivity index (χ4v) is 2.86. The first-order valence-corrected chi connectivity index (χ1v) is 5.72. The highest BCUT2D eigenvalue weighted by atomic mass is 16.4. The SMILES string of the molecule is CC1CCC(C(C)C)C(CC(=O)O)C1. The quantitative estimate of drug-likeness (QED) is 0.756. The Morgan fingerprint density at radius 2 is 2.07 bits per heavy atom. The molecule has 2 heteroatoms. The van der Waals surface area contributed by atoms with Gasteiger partial charge in [0.05, 0.1) is 0 Å². The van der Waals surface area contributed by atoms with E-state index in [1.807, 2.05) is 0 Å². The molecule has 14 heavy (non-hydrogen) atoms. The van der Waals surface area contributed by atoms with E-state index in [9.17, 15) is 4.79 Å². The van der Waals surface area contributed by atoms with Gasteiger partial charge in [-0.25, -0.2) is 0 Å². The van der Waals surface area contributed by atoms with Gasteiger partial charge in [-0.1, -0.05) is 27.2 Å². The molecule has 1 fully saturated rings. The molecule has 0 spiro atoms. The number of aliphatic carboxylic acids is 1. The second kappa shape index (κ2) is 4.81.